The number of carbonyl (C=O) groups excluding carboxylic acids is 1. The molecule has 0 radical (unpaired) electrons. The minimum absolute atomic E-state index is 0.0543. The lowest BCUT2D eigenvalue weighted by Crippen LogP contribution is -2.23. The maximum absolute atomic E-state index is 12.6. The monoisotopic (exact) mass is 352 g/mol. The van der Waals surface area contributed by atoms with E-state index >= 15 is 0 Å². The summed E-state index contributed by atoms with van der Waals surface area (Å²) in [7, 11) is 0. The van der Waals surface area contributed by atoms with E-state index in [0.717, 1.165) is 22.5 Å². The Morgan fingerprint density at radius 3 is 2.68 bits per heavy atom. The third kappa shape index (κ3) is 4.09. The van der Waals surface area contributed by atoms with Crippen molar-refractivity contribution in [2.45, 2.75) is 31.2 Å². The number of nitrogens with one attached hydrogen (secondary N) is 1. The number of amides is 1. The summed E-state index contributed by atoms with van der Waals surface area (Å²) in [6, 6.07) is 15.9. The van der Waals surface area contributed by atoms with Crippen LogP contribution in [0.1, 0.15) is 18.1 Å². The van der Waals surface area contributed by atoms with Gasteiger partial charge in [0, 0.05) is 11.4 Å². The molecule has 1 aromatic heterocycles. The number of aromatic nitrogens is 3. The molecule has 1 atom stereocenters. The summed E-state index contributed by atoms with van der Waals surface area (Å²) in [5.41, 5.74) is 3.98. The van der Waals surface area contributed by atoms with Gasteiger partial charge in [0.25, 0.3) is 0 Å². The first kappa shape index (κ1) is 17.2. The average molecular weight is 352 g/mol. The molecule has 25 heavy (non-hydrogen) atoms. The van der Waals surface area contributed by atoms with Crippen molar-refractivity contribution in [2.75, 3.05) is 5.32 Å². The normalized spacial score (nSPS) is 12.0. The van der Waals surface area contributed by atoms with Crippen molar-refractivity contribution in [1.29, 1.82) is 0 Å². The molecule has 0 saturated heterocycles. The lowest BCUT2D eigenvalue weighted by atomic mass is 10.1. The van der Waals surface area contributed by atoms with Gasteiger partial charge in [0.05, 0.1) is 5.25 Å². The van der Waals surface area contributed by atoms with E-state index in [1.54, 1.807) is 6.33 Å². The van der Waals surface area contributed by atoms with Gasteiger partial charge in [-0.05, 0) is 50.1 Å². The third-order valence-corrected chi connectivity index (χ3v) is 4.91. The standard InChI is InChI=1S/C19H20N4OS/c1-13-9-10-14(2)17(11-13)21-18(24)15(3)25-19-22-20-12-23(19)16-7-5-4-6-8-16/h4-12,15H,1-3H3,(H,21,24). The zero-order valence-corrected chi connectivity index (χ0v) is 15.2. The van der Waals surface area contributed by atoms with E-state index < -0.39 is 0 Å². The van der Waals surface area contributed by atoms with Crippen LogP contribution in [0, 0.1) is 13.8 Å². The van der Waals surface area contributed by atoms with Crippen molar-refractivity contribution in [3.05, 3.63) is 66.0 Å². The minimum Gasteiger partial charge on any atom is -0.325 e. The van der Waals surface area contributed by atoms with Gasteiger partial charge in [0.1, 0.15) is 6.33 Å². The van der Waals surface area contributed by atoms with Crippen LogP contribution in [0.15, 0.2) is 60.0 Å². The zero-order chi connectivity index (χ0) is 17.8. The SMILES string of the molecule is Cc1ccc(C)c(NC(=O)C(C)Sc2nncn2-c2ccccc2)c1. The van der Waals surface area contributed by atoms with E-state index in [2.05, 4.69) is 15.5 Å². The number of anilines is 1. The molecule has 3 rings (SSSR count). The van der Waals surface area contributed by atoms with E-state index in [9.17, 15) is 4.79 Å². The van der Waals surface area contributed by atoms with Gasteiger partial charge in [-0.1, -0.05) is 42.1 Å². The molecule has 3 aromatic rings. The molecule has 5 nitrogen and oxygen atoms in total. The second-order valence-electron chi connectivity index (χ2n) is 5.89. The average Bonchev–Trinajstić information content (AvgIpc) is 3.07. The molecular weight excluding hydrogens is 332 g/mol. The molecule has 0 aliphatic rings. The first-order valence-electron chi connectivity index (χ1n) is 8.05. The summed E-state index contributed by atoms with van der Waals surface area (Å²) in [5.74, 6) is -0.0543. The van der Waals surface area contributed by atoms with Crippen LogP contribution in [0.4, 0.5) is 5.69 Å². The molecule has 1 amide bonds. The van der Waals surface area contributed by atoms with E-state index in [0.29, 0.717) is 5.16 Å². The molecule has 1 N–H and O–H groups in total. The van der Waals surface area contributed by atoms with Crippen LogP contribution >= 0.6 is 11.8 Å². The second-order valence-corrected chi connectivity index (χ2v) is 7.19. The van der Waals surface area contributed by atoms with E-state index in [4.69, 9.17) is 0 Å². The van der Waals surface area contributed by atoms with Crippen LogP contribution in [-0.4, -0.2) is 25.9 Å². The van der Waals surface area contributed by atoms with Crippen LogP contribution in [0.5, 0.6) is 0 Å². The first-order chi connectivity index (χ1) is 12.0. The highest BCUT2D eigenvalue weighted by Crippen LogP contribution is 2.25. The number of thioether (sulfide) groups is 1. The van der Waals surface area contributed by atoms with Gasteiger partial charge in [-0.25, -0.2) is 0 Å². The summed E-state index contributed by atoms with van der Waals surface area (Å²) >= 11 is 1.39. The fourth-order valence-corrected chi connectivity index (χ4v) is 3.23. The lowest BCUT2D eigenvalue weighted by Gasteiger charge is -2.14. The third-order valence-electron chi connectivity index (χ3n) is 3.85. The largest absolute Gasteiger partial charge is 0.325 e. The number of rotatable bonds is 5. The van der Waals surface area contributed by atoms with Gasteiger partial charge in [-0.2, -0.15) is 0 Å². The Labute approximate surface area is 151 Å². The Balaban J connectivity index is 1.73. The highest BCUT2D eigenvalue weighted by atomic mass is 32.2. The molecule has 6 heteroatoms. The van der Waals surface area contributed by atoms with Gasteiger partial charge in [0.2, 0.25) is 5.91 Å². The van der Waals surface area contributed by atoms with E-state index in [-0.39, 0.29) is 11.2 Å². The van der Waals surface area contributed by atoms with Crippen molar-refractivity contribution in [3.8, 4) is 5.69 Å². The lowest BCUT2D eigenvalue weighted by molar-refractivity contribution is -0.115. The van der Waals surface area contributed by atoms with Crippen molar-refractivity contribution in [3.63, 3.8) is 0 Å². The molecule has 2 aromatic carbocycles. The van der Waals surface area contributed by atoms with Crippen molar-refractivity contribution >= 4 is 23.4 Å². The van der Waals surface area contributed by atoms with Crippen LogP contribution in [-0.2, 0) is 4.79 Å². The molecule has 0 bridgehead atoms. The number of benzene rings is 2. The van der Waals surface area contributed by atoms with Gasteiger partial charge >= 0.3 is 0 Å². The highest BCUT2D eigenvalue weighted by Gasteiger charge is 2.19. The summed E-state index contributed by atoms with van der Waals surface area (Å²) in [6.45, 7) is 5.86. The fraction of sp³-hybridized carbons (Fsp3) is 0.211. The number of hydrogen-bond acceptors (Lipinski definition) is 4. The molecule has 1 unspecified atom stereocenters. The van der Waals surface area contributed by atoms with Crippen LogP contribution < -0.4 is 5.32 Å². The molecule has 128 valence electrons. The van der Waals surface area contributed by atoms with Crippen molar-refractivity contribution < 1.29 is 4.79 Å². The Morgan fingerprint density at radius 1 is 1.16 bits per heavy atom. The molecule has 1 heterocycles. The molecular formula is C19H20N4OS. The summed E-state index contributed by atoms with van der Waals surface area (Å²) in [5, 5.41) is 11.5. The van der Waals surface area contributed by atoms with E-state index in [1.807, 2.05) is 73.9 Å². The van der Waals surface area contributed by atoms with Gasteiger partial charge in [0.15, 0.2) is 5.16 Å². The first-order valence-corrected chi connectivity index (χ1v) is 8.93. The molecule has 0 fully saturated rings. The molecule has 0 saturated carbocycles. The Hall–Kier alpha value is -2.60. The zero-order valence-electron chi connectivity index (χ0n) is 14.4. The van der Waals surface area contributed by atoms with E-state index in [1.165, 1.54) is 11.8 Å². The number of para-hydroxylation sites is 1. The summed E-state index contributed by atoms with van der Waals surface area (Å²) in [4.78, 5) is 12.6. The minimum atomic E-state index is -0.299. The smallest absolute Gasteiger partial charge is 0.237 e. The predicted molar refractivity (Wildman–Crippen MR) is 101 cm³/mol. The summed E-state index contributed by atoms with van der Waals surface area (Å²) in [6.07, 6.45) is 1.66. The molecule has 0 aliphatic carbocycles. The number of nitrogens with zero attached hydrogens (tertiary/aromatic N) is 3. The number of carbonyl (C=O) groups is 1. The molecule has 0 spiro atoms. The summed E-state index contributed by atoms with van der Waals surface area (Å²) < 4.78 is 1.88. The predicted octanol–water partition coefficient (Wildman–Crippen LogP) is 4.00. The van der Waals surface area contributed by atoms with Gasteiger partial charge in [-0.15, -0.1) is 10.2 Å². The molecule has 0 aliphatic heterocycles. The maximum atomic E-state index is 12.6. The highest BCUT2D eigenvalue weighted by molar-refractivity contribution is 8.00. The maximum Gasteiger partial charge on any atom is 0.237 e. The van der Waals surface area contributed by atoms with Crippen LogP contribution in [0.2, 0.25) is 0 Å². The Morgan fingerprint density at radius 2 is 1.92 bits per heavy atom. The second kappa shape index (κ2) is 7.53. The Kier molecular flexibility index (Phi) is 5.19. The topological polar surface area (TPSA) is 59.8 Å². The van der Waals surface area contributed by atoms with Crippen molar-refractivity contribution in [1.82, 2.24) is 14.8 Å². The number of hydrogen-bond donors (Lipinski definition) is 1. The number of aryl methyl sites for hydroxylation is 2. The van der Waals surface area contributed by atoms with Crippen molar-refractivity contribution in [2.24, 2.45) is 0 Å². The van der Waals surface area contributed by atoms with Crippen LogP contribution in [0.3, 0.4) is 0 Å². The Bertz CT molecular complexity index is 876. The fourth-order valence-electron chi connectivity index (χ4n) is 2.39. The quantitative estimate of drug-likeness (QED) is 0.705. The van der Waals surface area contributed by atoms with Gasteiger partial charge in [-0.3, -0.25) is 9.36 Å². The van der Waals surface area contributed by atoms with Gasteiger partial charge < -0.3 is 5.32 Å². The van der Waals surface area contributed by atoms with Crippen LogP contribution in [0.25, 0.3) is 5.69 Å².